The van der Waals surface area contributed by atoms with Gasteiger partial charge in [-0.1, -0.05) is 20.8 Å². The molecule has 5 rings (SSSR count). The molecule has 0 aromatic carbocycles. The van der Waals surface area contributed by atoms with E-state index >= 15 is 0 Å². The predicted octanol–water partition coefficient (Wildman–Crippen LogP) is 4.09. The van der Waals surface area contributed by atoms with Gasteiger partial charge in [0, 0.05) is 26.5 Å². The van der Waals surface area contributed by atoms with Gasteiger partial charge < -0.3 is 25.0 Å². The Morgan fingerprint density at radius 3 is 2.41 bits per heavy atom. The Hall–Kier alpha value is -1.18. The van der Waals surface area contributed by atoms with Crippen LogP contribution >= 0.6 is 0 Å². The van der Waals surface area contributed by atoms with Crippen LogP contribution in [-0.4, -0.2) is 70.1 Å². The van der Waals surface area contributed by atoms with Gasteiger partial charge in [0.25, 0.3) is 0 Å². The first-order chi connectivity index (χ1) is 17.5. The fourth-order valence-corrected chi connectivity index (χ4v) is 10.3. The number of ether oxygens (including phenoxy) is 1. The van der Waals surface area contributed by atoms with Gasteiger partial charge in [0.05, 0.1) is 18.3 Å². The van der Waals surface area contributed by atoms with Crippen LogP contribution in [0, 0.1) is 46.3 Å². The Balaban J connectivity index is 1.25. The molecular formula is C30H49NO6. The van der Waals surface area contributed by atoms with Crippen molar-refractivity contribution in [1.82, 2.24) is 4.90 Å². The topological polar surface area (TPSA) is 107 Å². The number of likely N-dealkylation sites (tertiary alicyclic amines) is 1. The Morgan fingerprint density at radius 1 is 1.00 bits per heavy atom. The minimum Gasteiger partial charge on any atom is -0.480 e. The largest absolute Gasteiger partial charge is 0.480 e. The first-order valence-electron chi connectivity index (χ1n) is 14.9. The Morgan fingerprint density at radius 2 is 1.70 bits per heavy atom. The predicted molar refractivity (Wildman–Crippen MR) is 140 cm³/mol. The number of hydrogen-bond donors (Lipinski definition) is 3. The van der Waals surface area contributed by atoms with E-state index in [0.29, 0.717) is 54.9 Å². The molecule has 7 heteroatoms. The third kappa shape index (κ3) is 4.55. The number of aliphatic hydroxyl groups is 2. The van der Waals surface area contributed by atoms with E-state index in [1.807, 2.05) is 0 Å². The second-order valence-electron chi connectivity index (χ2n) is 14.0. The summed E-state index contributed by atoms with van der Waals surface area (Å²) in [6, 6.07) is -0.782. The van der Waals surface area contributed by atoms with Crippen molar-refractivity contribution in [1.29, 1.82) is 0 Å². The van der Waals surface area contributed by atoms with E-state index in [-0.39, 0.29) is 35.0 Å². The first-order valence-corrected chi connectivity index (χ1v) is 14.9. The third-order valence-corrected chi connectivity index (χ3v) is 12.4. The van der Waals surface area contributed by atoms with E-state index in [9.17, 15) is 24.9 Å². The van der Waals surface area contributed by atoms with Gasteiger partial charge in [0.2, 0.25) is 5.91 Å². The van der Waals surface area contributed by atoms with Crippen molar-refractivity contribution >= 4 is 11.9 Å². The van der Waals surface area contributed by atoms with Crippen molar-refractivity contribution in [2.75, 3.05) is 13.7 Å². The zero-order chi connectivity index (χ0) is 26.7. The van der Waals surface area contributed by atoms with Gasteiger partial charge in [-0.05, 0) is 104 Å². The zero-order valence-corrected chi connectivity index (χ0v) is 23.3. The van der Waals surface area contributed by atoms with E-state index in [1.165, 1.54) is 11.3 Å². The number of carbonyl (C=O) groups excluding carboxylic acids is 1. The Labute approximate surface area is 222 Å². The van der Waals surface area contributed by atoms with Crippen LogP contribution in [0.3, 0.4) is 0 Å². The number of carboxylic acid groups (broad SMARTS) is 1. The maximum atomic E-state index is 13.1. The van der Waals surface area contributed by atoms with Gasteiger partial charge in [-0.2, -0.15) is 0 Å². The monoisotopic (exact) mass is 519 g/mol. The molecule has 7 nitrogen and oxygen atoms in total. The number of carbonyl (C=O) groups is 2. The quantitative estimate of drug-likeness (QED) is 0.488. The third-order valence-electron chi connectivity index (χ3n) is 12.4. The number of methoxy groups -OCH3 is 1. The van der Waals surface area contributed by atoms with E-state index in [4.69, 9.17) is 4.74 Å². The highest BCUT2D eigenvalue weighted by Gasteiger charge is 2.62. The molecule has 1 aliphatic heterocycles. The normalized spacial score (nSPS) is 48.2. The number of aliphatic hydroxyl groups excluding tert-OH is 2. The fraction of sp³-hybridized carbons (Fsp3) is 0.933. The highest BCUT2D eigenvalue weighted by molar-refractivity contribution is 5.84. The molecule has 1 amide bonds. The minimum absolute atomic E-state index is 0.0663. The SMILES string of the molecule is CO[C@H]1C[C@H](C(=O)O)N(C(=O)CC[C@@H](C)[C@H]2CC[C@H]3[C@@H]4[C@@H](O)C[C@@H]5C[C@H](O)CC[C@]5(C)[C@H]4CC[C@]23C)C1. The molecule has 4 aliphatic carbocycles. The van der Waals surface area contributed by atoms with Crippen LogP contribution < -0.4 is 0 Å². The number of aliphatic carboxylic acids is 1. The van der Waals surface area contributed by atoms with E-state index in [1.54, 1.807) is 7.11 Å². The lowest BCUT2D eigenvalue weighted by molar-refractivity contribution is -0.174. The smallest absolute Gasteiger partial charge is 0.326 e. The van der Waals surface area contributed by atoms with Crippen molar-refractivity contribution in [2.24, 2.45) is 46.3 Å². The van der Waals surface area contributed by atoms with Crippen LogP contribution in [0.5, 0.6) is 0 Å². The fourth-order valence-electron chi connectivity index (χ4n) is 10.3. The summed E-state index contributed by atoms with van der Waals surface area (Å²) in [4.78, 5) is 26.3. The number of nitrogens with zero attached hydrogens (tertiary/aromatic N) is 1. The van der Waals surface area contributed by atoms with Gasteiger partial charge in [0.15, 0.2) is 0 Å². The summed E-state index contributed by atoms with van der Waals surface area (Å²) in [5.74, 6) is 1.73. The molecule has 0 aromatic rings. The number of amides is 1. The molecule has 5 aliphatic rings. The van der Waals surface area contributed by atoms with E-state index in [2.05, 4.69) is 20.8 Å². The molecule has 5 fully saturated rings. The molecule has 0 bridgehead atoms. The van der Waals surface area contributed by atoms with Crippen LogP contribution in [0.1, 0.15) is 91.4 Å². The molecule has 1 saturated heterocycles. The molecule has 1 heterocycles. The molecule has 37 heavy (non-hydrogen) atoms. The number of fused-ring (bicyclic) bond motifs is 5. The summed E-state index contributed by atoms with van der Waals surface area (Å²) >= 11 is 0. The second-order valence-corrected chi connectivity index (χ2v) is 14.0. The van der Waals surface area contributed by atoms with Crippen molar-refractivity contribution in [3.8, 4) is 0 Å². The van der Waals surface area contributed by atoms with Crippen LogP contribution in [0.4, 0.5) is 0 Å². The maximum Gasteiger partial charge on any atom is 0.326 e. The standard InChI is InChI=1S/C30H49NO6/c1-17(5-8-26(34)31-16-20(37-4)15-24(31)28(35)36)21-6-7-22-27-23(10-12-30(21,22)3)29(2)11-9-19(32)13-18(29)14-25(27)33/h17-25,27,32-33H,5-16H2,1-4H3,(H,35,36)/t17-,18+,19-,20+,21-,22+,23+,24-,25+,27+,29+,30-/m1/s1. The number of hydrogen-bond acceptors (Lipinski definition) is 5. The number of rotatable bonds is 6. The van der Waals surface area contributed by atoms with Gasteiger partial charge in [-0.25, -0.2) is 4.79 Å². The molecule has 3 N–H and O–H groups in total. The average Bonchev–Trinajstić information content (AvgIpc) is 3.45. The summed E-state index contributed by atoms with van der Waals surface area (Å²) in [6.45, 7) is 7.56. The molecule has 0 unspecified atom stereocenters. The molecule has 12 atom stereocenters. The summed E-state index contributed by atoms with van der Waals surface area (Å²) in [7, 11) is 1.58. The molecular weight excluding hydrogens is 470 g/mol. The average molecular weight is 520 g/mol. The lowest BCUT2D eigenvalue weighted by atomic mass is 9.43. The molecule has 4 saturated carbocycles. The van der Waals surface area contributed by atoms with Crippen molar-refractivity contribution in [3.63, 3.8) is 0 Å². The Kier molecular flexibility index (Phi) is 7.47. The van der Waals surface area contributed by atoms with Gasteiger partial charge in [-0.3, -0.25) is 4.79 Å². The first kappa shape index (κ1) is 27.4. The Bertz CT molecular complexity index is 880. The van der Waals surface area contributed by atoms with E-state index in [0.717, 1.165) is 51.4 Å². The highest BCUT2D eigenvalue weighted by Crippen LogP contribution is 2.68. The molecule has 0 aromatic heterocycles. The minimum atomic E-state index is -0.946. The second kappa shape index (κ2) is 10.1. The summed E-state index contributed by atoms with van der Waals surface area (Å²) in [5, 5.41) is 31.4. The summed E-state index contributed by atoms with van der Waals surface area (Å²) in [6.07, 6.45) is 9.14. The summed E-state index contributed by atoms with van der Waals surface area (Å²) < 4.78 is 5.36. The van der Waals surface area contributed by atoms with Crippen molar-refractivity contribution in [2.45, 2.75) is 116 Å². The summed E-state index contributed by atoms with van der Waals surface area (Å²) in [5.41, 5.74) is 0.414. The van der Waals surface area contributed by atoms with Gasteiger partial charge in [-0.15, -0.1) is 0 Å². The maximum absolute atomic E-state index is 13.1. The van der Waals surface area contributed by atoms with Crippen LogP contribution in [0.2, 0.25) is 0 Å². The zero-order valence-electron chi connectivity index (χ0n) is 23.3. The highest BCUT2D eigenvalue weighted by atomic mass is 16.5. The van der Waals surface area contributed by atoms with Crippen molar-refractivity contribution in [3.05, 3.63) is 0 Å². The van der Waals surface area contributed by atoms with Crippen LogP contribution in [0.15, 0.2) is 0 Å². The van der Waals surface area contributed by atoms with Crippen LogP contribution in [0.25, 0.3) is 0 Å². The van der Waals surface area contributed by atoms with Crippen molar-refractivity contribution < 1.29 is 29.6 Å². The van der Waals surface area contributed by atoms with Gasteiger partial charge in [0.1, 0.15) is 6.04 Å². The van der Waals surface area contributed by atoms with E-state index < -0.39 is 12.0 Å². The molecule has 0 spiro atoms. The molecule has 210 valence electrons. The van der Waals surface area contributed by atoms with Gasteiger partial charge >= 0.3 is 5.97 Å². The number of carboxylic acids is 1. The molecule has 0 radical (unpaired) electrons. The van der Waals surface area contributed by atoms with Crippen LogP contribution in [-0.2, 0) is 14.3 Å². The lowest BCUT2D eigenvalue weighted by Gasteiger charge is -2.62. The lowest BCUT2D eigenvalue weighted by Crippen LogP contribution is -2.58.